The molecule has 0 saturated carbocycles. The third kappa shape index (κ3) is 6.08. The molecule has 0 bridgehead atoms. The van der Waals surface area contributed by atoms with Crippen molar-refractivity contribution in [3.63, 3.8) is 0 Å². The number of amides is 2. The summed E-state index contributed by atoms with van der Waals surface area (Å²) in [5.41, 5.74) is 0.922. The van der Waals surface area contributed by atoms with Crippen LogP contribution in [-0.4, -0.2) is 36.0 Å². The Morgan fingerprint density at radius 3 is 2.29 bits per heavy atom. The zero-order valence-corrected chi connectivity index (χ0v) is 16.6. The van der Waals surface area contributed by atoms with Gasteiger partial charge >= 0.3 is 5.97 Å². The largest absolute Gasteiger partial charge is 0.481 e. The van der Waals surface area contributed by atoms with E-state index in [9.17, 15) is 14.4 Å². The van der Waals surface area contributed by atoms with Gasteiger partial charge in [-0.05, 0) is 28.7 Å². The first-order chi connectivity index (χ1) is 13.3. The maximum absolute atomic E-state index is 12.7. The summed E-state index contributed by atoms with van der Waals surface area (Å²) in [6, 6.07) is 13.1. The Labute approximate surface area is 165 Å². The van der Waals surface area contributed by atoms with E-state index in [1.807, 2.05) is 56.3 Å². The number of hydrogen-bond donors (Lipinski definition) is 3. The fraction of sp³-hybridized carbons (Fsp3) is 0.409. The maximum Gasteiger partial charge on any atom is 0.304 e. The highest BCUT2D eigenvalue weighted by Gasteiger charge is 2.27. The van der Waals surface area contributed by atoms with Crippen molar-refractivity contribution in [1.82, 2.24) is 10.6 Å². The van der Waals surface area contributed by atoms with Crippen LogP contribution in [0.4, 0.5) is 0 Å². The van der Waals surface area contributed by atoms with Gasteiger partial charge in [0, 0.05) is 19.4 Å². The van der Waals surface area contributed by atoms with Gasteiger partial charge in [0.2, 0.25) is 11.8 Å². The number of hydrogen-bond acceptors (Lipinski definition) is 3. The van der Waals surface area contributed by atoms with Crippen LogP contribution in [0, 0.1) is 11.8 Å². The number of carboxylic acids is 1. The van der Waals surface area contributed by atoms with Crippen LogP contribution >= 0.6 is 0 Å². The molecule has 2 aromatic rings. The number of fused-ring (bicyclic) bond motifs is 1. The Bertz CT molecular complexity index is 847. The second-order valence-electron chi connectivity index (χ2n) is 7.49. The fourth-order valence-electron chi connectivity index (χ4n) is 3.34. The molecular weight excluding hydrogens is 356 g/mol. The highest BCUT2D eigenvalue weighted by atomic mass is 16.4. The third-order valence-corrected chi connectivity index (χ3v) is 4.68. The number of carbonyl (C=O) groups excluding carboxylic acids is 2. The number of likely N-dealkylation sites (N-methyl/N-ethyl adjacent to an activating group) is 1. The number of benzene rings is 2. The summed E-state index contributed by atoms with van der Waals surface area (Å²) in [4.78, 5) is 36.2. The second kappa shape index (κ2) is 9.88. The maximum atomic E-state index is 12.7. The molecule has 150 valence electrons. The normalized spacial score (nSPS) is 13.1. The van der Waals surface area contributed by atoms with Crippen LogP contribution in [0.2, 0.25) is 0 Å². The minimum absolute atomic E-state index is 0.175. The van der Waals surface area contributed by atoms with Gasteiger partial charge in [0.05, 0.1) is 6.42 Å². The molecule has 2 atom stereocenters. The summed E-state index contributed by atoms with van der Waals surface area (Å²) in [6.45, 7) is 3.88. The van der Waals surface area contributed by atoms with Crippen LogP contribution in [0.3, 0.4) is 0 Å². The van der Waals surface area contributed by atoms with Crippen molar-refractivity contribution in [3.8, 4) is 0 Å². The predicted octanol–water partition coefficient (Wildman–Crippen LogP) is 2.75. The molecule has 0 fully saturated rings. The van der Waals surface area contributed by atoms with E-state index in [0.29, 0.717) is 12.8 Å². The van der Waals surface area contributed by atoms with Gasteiger partial charge in [0.1, 0.15) is 6.04 Å². The van der Waals surface area contributed by atoms with E-state index < -0.39 is 23.8 Å². The minimum Gasteiger partial charge on any atom is -0.481 e. The lowest BCUT2D eigenvalue weighted by Gasteiger charge is -2.22. The van der Waals surface area contributed by atoms with Gasteiger partial charge in [0.15, 0.2) is 0 Å². The van der Waals surface area contributed by atoms with Crippen LogP contribution in [0.5, 0.6) is 0 Å². The SMILES string of the molecule is CNC(=O)[C@@H](Cc1ccc2ccccc2c1)NC(=O)[C@H](CC(=O)O)CC(C)C. The van der Waals surface area contributed by atoms with E-state index in [0.717, 1.165) is 16.3 Å². The number of carbonyl (C=O) groups is 3. The van der Waals surface area contributed by atoms with E-state index >= 15 is 0 Å². The molecule has 0 aliphatic heterocycles. The number of carboxylic acid groups (broad SMARTS) is 1. The predicted molar refractivity (Wildman–Crippen MR) is 109 cm³/mol. The molecule has 0 unspecified atom stereocenters. The summed E-state index contributed by atoms with van der Waals surface area (Å²) in [7, 11) is 1.52. The van der Waals surface area contributed by atoms with Crippen LogP contribution in [-0.2, 0) is 20.8 Å². The molecule has 0 saturated heterocycles. The monoisotopic (exact) mass is 384 g/mol. The van der Waals surface area contributed by atoms with Crippen LogP contribution in [0.1, 0.15) is 32.3 Å². The third-order valence-electron chi connectivity index (χ3n) is 4.68. The zero-order valence-electron chi connectivity index (χ0n) is 16.6. The molecule has 3 N–H and O–H groups in total. The van der Waals surface area contributed by atoms with E-state index in [2.05, 4.69) is 10.6 Å². The van der Waals surface area contributed by atoms with E-state index in [1.165, 1.54) is 7.05 Å². The number of rotatable bonds is 9. The molecule has 28 heavy (non-hydrogen) atoms. The summed E-state index contributed by atoms with van der Waals surface area (Å²) < 4.78 is 0. The van der Waals surface area contributed by atoms with Gasteiger partial charge in [-0.15, -0.1) is 0 Å². The quantitative estimate of drug-likeness (QED) is 0.619. The molecule has 0 heterocycles. The minimum atomic E-state index is -1.02. The highest BCUT2D eigenvalue weighted by molar-refractivity contribution is 5.90. The lowest BCUT2D eigenvalue weighted by molar-refractivity contribution is -0.141. The van der Waals surface area contributed by atoms with Gasteiger partial charge in [-0.3, -0.25) is 14.4 Å². The standard InChI is InChI=1S/C22H28N2O4/c1-14(2)10-18(13-20(25)26)21(27)24-19(22(28)23-3)12-15-8-9-16-6-4-5-7-17(16)11-15/h4-9,11,14,18-19H,10,12-13H2,1-3H3,(H,23,28)(H,24,27)(H,25,26)/t18-,19+/m0/s1. The van der Waals surface area contributed by atoms with Crippen molar-refractivity contribution in [1.29, 1.82) is 0 Å². The van der Waals surface area contributed by atoms with Crippen molar-refractivity contribution in [2.45, 2.75) is 39.2 Å². The summed E-state index contributed by atoms with van der Waals surface area (Å²) in [5.74, 6) is -2.22. The summed E-state index contributed by atoms with van der Waals surface area (Å²) in [6.07, 6.45) is 0.534. The van der Waals surface area contributed by atoms with Gasteiger partial charge < -0.3 is 15.7 Å². The molecule has 2 amide bonds. The lowest BCUT2D eigenvalue weighted by Crippen LogP contribution is -2.49. The van der Waals surface area contributed by atoms with Crippen LogP contribution < -0.4 is 10.6 Å². The van der Waals surface area contributed by atoms with Crippen LogP contribution in [0.15, 0.2) is 42.5 Å². The first-order valence-electron chi connectivity index (χ1n) is 9.51. The number of nitrogens with one attached hydrogen (secondary N) is 2. The molecule has 0 spiro atoms. The van der Waals surface area contributed by atoms with Crippen molar-refractivity contribution in [2.24, 2.45) is 11.8 Å². The van der Waals surface area contributed by atoms with Gasteiger partial charge in [-0.25, -0.2) is 0 Å². The van der Waals surface area contributed by atoms with Crippen molar-refractivity contribution >= 4 is 28.6 Å². The van der Waals surface area contributed by atoms with E-state index in [1.54, 1.807) is 0 Å². The van der Waals surface area contributed by atoms with E-state index in [4.69, 9.17) is 5.11 Å². The Hall–Kier alpha value is -2.89. The molecule has 6 heteroatoms. The Morgan fingerprint density at radius 1 is 1.00 bits per heavy atom. The molecular formula is C22H28N2O4. The average Bonchev–Trinajstić information content (AvgIpc) is 2.65. The zero-order chi connectivity index (χ0) is 20.7. The topological polar surface area (TPSA) is 95.5 Å². The molecule has 6 nitrogen and oxygen atoms in total. The van der Waals surface area contributed by atoms with Crippen molar-refractivity contribution < 1.29 is 19.5 Å². The van der Waals surface area contributed by atoms with E-state index in [-0.39, 0.29) is 18.2 Å². The molecule has 2 rings (SSSR count). The highest BCUT2D eigenvalue weighted by Crippen LogP contribution is 2.19. The first-order valence-corrected chi connectivity index (χ1v) is 9.51. The summed E-state index contributed by atoms with van der Waals surface area (Å²) in [5, 5.41) is 16.6. The van der Waals surface area contributed by atoms with Crippen molar-refractivity contribution in [3.05, 3.63) is 48.0 Å². The molecule has 0 aliphatic rings. The Balaban J connectivity index is 2.18. The second-order valence-corrected chi connectivity index (χ2v) is 7.49. The smallest absolute Gasteiger partial charge is 0.304 e. The van der Waals surface area contributed by atoms with Crippen molar-refractivity contribution in [2.75, 3.05) is 7.05 Å². The molecule has 0 radical (unpaired) electrons. The lowest BCUT2D eigenvalue weighted by atomic mass is 9.92. The average molecular weight is 384 g/mol. The van der Waals surface area contributed by atoms with Gasteiger partial charge in [-0.1, -0.05) is 56.3 Å². The van der Waals surface area contributed by atoms with Gasteiger partial charge in [-0.2, -0.15) is 0 Å². The fourth-order valence-corrected chi connectivity index (χ4v) is 3.34. The van der Waals surface area contributed by atoms with Crippen LogP contribution in [0.25, 0.3) is 10.8 Å². The Kier molecular flexibility index (Phi) is 7.55. The summed E-state index contributed by atoms with van der Waals surface area (Å²) >= 11 is 0. The Morgan fingerprint density at radius 2 is 1.68 bits per heavy atom. The molecule has 2 aromatic carbocycles. The first kappa shape index (κ1) is 21.4. The van der Waals surface area contributed by atoms with Gasteiger partial charge in [0.25, 0.3) is 0 Å². The number of aliphatic carboxylic acids is 1. The molecule has 0 aliphatic carbocycles. The molecule has 0 aromatic heterocycles.